The van der Waals surface area contributed by atoms with Crippen molar-refractivity contribution in [2.24, 2.45) is 17.6 Å². The van der Waals surface area contributed by atoms with Crippen LogP contribution >= 0.6 is 34.8 Å². The van der Waals surface area contributed by atoms with Gasteiger partial charge in [0.05, 0.1) is 35.9 Å². The number of hydrogen-bond donors (Lipinski definition) is 4. The van der Waals surface area contributed by atoms with E-state index in [0.717, 1.165) is 60.4 Å². The summed E-state index contributed by atoms with van der Waals surface area (Å²) < 4.78 is 11.7. The highest BCUT2D eigenvalue weighted by Crippen LogP contribution is 2.37. The number of amides is 2. The zero-order valence-electron chi connectivity index (χ0n) is 36.0. The van der Waals surface area contributed by atoms with Gasteiger partial charge in [-0.3, -0.25) is 19.6 Å². The van der Waals surface area contributed by atoms with Gasteiger partial charge in [0.2, 0.25) is 0 Å². The maximum atomic E-state index is 12.4. The number of fused-ring (bicyclic) bond motifs is 2. The average molecular weight is 936 g/mol. The van der Waals surface area contributed by atoms with Gasteiger partial charge in [0.25, 0.3) is 11.8 Å². The fourth-order valence-electron chi connectivity index (χ4n) is 7.87. The first-order valence-electron chi connectivity index (χ1n) is 21.4. The van der Waals surface area contributed by atoms with Crippen molar-refractivity contribution in [3.05, 3.63) is 123 Å². The first-order valence-corrected chi connectivity index (χ1v) is 22.6. The number of carbonyl (C=O) groups excluding carboxylic acids is 2. The lowest BCUT2D eigenvalue weighted by Gasteiger charge is -2.29. The first-order chi connectivity index (χ1) is 31.5. The maximum Gasteiger partial charge on any atom is 0.256 e. The second kappa shape index (κ2) is 21.0. The smallest absolute Gasteiger partial charge is 0.256 e. The van der Waals surface area contributed by atoms with E-state index in [2.05, 4.69) is 59.8 Å². The molecule has 65 heavy (non-hydrogen) atoms. The molecule has 2 saturated heterocycles. The number of nitrogens with zero attached hydrogens (tertiary/aromatic N) is 6. The first kappa shape index (κ1) is 45.7. The number of rotatable bonds is 8. The Bertz CT molecular complexity index is 2720. The molecule has 0 bridgehead atoms. The quantitative estimate of drug-likeness (QED) is 0.106. The number of nitrogens with one attached hydrogen (secondary N) is 3. The lowest BCUT2D eigenvalue weighted by molar-refractivity contribution is -0.111. The molecule has 2 aromatic carbocycles. The van der Waals surface area contributed by atoms with E-state index in [0.29, 0.717) is 61.5 Å². The molecule has 10 rings (SSSR count). The highest BCUT2D eigenvalue weighted by molar-refractivity contribution is 6.37. The van der Waals surface area contributed by atoms with Crippen molar-refractivity contribution in [2.75, 3.05) is 69.3 Å². The molecule has 4 aliphatic rings. The Labute approximate surface area is 392 Å². The van der Waals surface area contributed by atoms with Crippen LogP contribution < -0.4 is 21.7 Å². The van der Waals surface area contributed by atoms with Crippen LogP contribution in [0, 0.1) is 11.8 Å². The summed E-state index contributed by atoms with van der Waals surface area (Å²) in [6.07, 6.45) is 14.8. The van der Waals surface area contributed by atoms with Crippen LogP contribution in [0.5, 0.6) is 0 Å². The Hall–Kier alpha value is -5.87. The molecule has 4 aromatic heterocycles. The SMILES string of the molecule is CN1CCC(CN)CC1.CN1CCC(CNc2cncc(-c3ccc(/C=C4/C(=O)Nc5ccc(Cl)cc54)o3)n2)CC1.O=C1Nc2ccc(Cl)cc2/C1=C\c1ccc(-c2cncc(Cl)n2)o1. The summed E-state index contributed by atoms with van der Waals surface area (Å²) in [5.74, 6) is 3.99. The van der Waals surface area contributed by atoms with Crippen LogP contribution in [0.25, 0.3) is 46.2 Å². The molecule has 336 valence electrons. The summed E-state index contributed by atoms with van der Waals surface area (Å²) in [6, 6.07) is 17.7. The Morgan fingerprint density at radius 1 is 0.677 bits per heavy atom. The summed E-state index contributed by atoms with van der Waals surface area (Å²) in [6.45, 7) is 6.52. The number of aromatic nitrogens is 4. The van der Waals surface area contributed by atoms with E-state index in [1.54, 1.807) is 79.3 Å². The van der Waals surface area contributed by atoms with E-state index < -0.39 is 0 Å². The van der Waals surface area contributed by atoms with Gasteiger partial charge >= 0.3 is 0 Å². The van der Waals surface area contributed by atoms with Gasteiger partial charge in [-0.05, 0) is 157 Å². The molecule has 0 radical (unpaired) electrons. The van der Waals surface area contributed by atoms with Crippen molar-refractivity contribution < 1.29 is 18.4 Å². The summed E-state index contributed by atoms with van der Waals surface area (Å²) >= 11 is 18.0. The van der Waals surface area contributed by atoms with Gasteiger partial charge in [-0.25, -0.2) is 9.97 Å². The topological polar surface area (TPSA) is 181 Å². The van der Waals surface area contributed by atoms with Crippen molar-refractivity contribution in [1.29, 1.82) is 0 Å². The molecule has 2 amide bonds. The van der Waals surface area contributed by atoms with E-state index in [1.165, 1.54) is 45.0 Å². The normalized spacial score (nSPS) is 17.8. The van der Waals surface area contributed by atoms with E-state index >= 15 is 0 Å². The summed E-state index contributed by atoms with van der Waals surface area (Å²) in [5, 5.41) is 10.5. The third kappa shape index (κ3) is 11.7. The molecular formula is C48H49Cl3N10O4. The van der Waals surface area contributed by atoms with E-state index in [1.807, 2.05) is 12.1 Å². The molecular weight excluding hydrogens is 887 g/mol. The van der Waals surface area contributed by atoms with Gasteiger partial charge in [0.15, 0.2) is 11.5 Å². The van der Waals surface area contributed by atoms with Crippen LogP contribution in [0.15, 0.2) is 94.3 Å². The monoisotopic (exact) mass is 934 g/mol. The molecule has 6 aromatic rings. The van der Waals surface area contributed by atoms with Gasteiger partial charge in [0.1, 0.15) is 33.9 Å². The van der Waals surface area contributed by atoms with Crippen molar-refractivity contribution in [1.82, 2.24) is 29.7 Å². The average Bonchev–Trinajstić information content (AvgIpc) is 4.11. The Balaban J connectivity index is 0.000000153. The minimum atomic E-state index is -0.201. The van der Waals surface area contributed by atoms with Gasteiger partial charge in [0, 0.05) is 39.1 Å². The number of carbonyl (C=O) groups is 2. The summed E-state index contributed by atoms with van der Waals surface area (Å²) in [4.78, 5) is 46.4. The van der Waals surface area contributed by atoms with Crippen LogP contribution in [0.3, 0.4) is 0 Å². The lowest BCUT2D eigenvalue weighted by atomic mass is 9.97. The molecule has 4 aliphatic heterocycles. The van der Waals surface area contributed by atoms with Gasteiger partial charge in [-0.15, -0.1) is 0 Å². The van der Waals surface area contributed by atoms with Gasteiger partial charge < -0.3 is 40.3 Å². The van der Waals surface area contributed by atoms with Crippen molar-refractivity contribution >= 4 is 87.1 Å². The van der Waals surface area contributed by atoms with Crippen LogP contribution in [0.1, 0.15) is 48.3 Å². The van der Waals surface area contributed by atoms with Gasteiger partial charge in [-0.1, -0.05) is 34.8 Å². The number of benzene rings is 2. The molecule has 5 N–H and O–H groups in total. The number of halogens is 3. The zero-order chi connectivity index (χ0) is 45.5. The van der Waals surface area contributed by atoms with Crippen molar-refractivity contribution in [2.45, 2.75) is 25.7 Å². The fourth-order valence-corrected chi connectivity index (χ4v) is 8.36. The fraction of sp³-hybridized carbons (Fsp3) is 0.292. The number of piperidine rings is 2. The number of nitrogens with two attached hydrogens (primary N) is 1. The van der Waals surface area contributed by atoms with Crippen LogP contribution in [0.2, 0.25) is 15.2 Å². The summed E-state index contributed by atoms with van der Waals surface area (Å²) in [5.41, 5.74) is 10.7. The molecule has 14 nitrogen and oxygen atoms in total. The molecule has 0 unspecified atom stereocenters. The third-order valence-corrected chi connectivity index (χ3v) is 12.3. The van der Waals surface area contributed by atoms with Gasteiger partial charge in [-0.2, -0.15) is 0 Å². The minimum absolute atomic E-state index is 0.180. The molecule has 8 heterocycles. The Morgan fingerprint density at radius 2 is 1.17 bits per heavy atom. The third-order valence-electron chi connectivity index (χ3n) is 11.7. The second-order valence-electron chi connectivity index (χ2n) is 16.4. The number of hydrogen-bond acceptors (Lipinski definition) is 12. The van der Waals surface area contributed by atoms with Crippen LogP contribution in [-0.2, 0) is 9.59 Å². The van der Waals surface area contributed by atoms with E-state index in [9.17, 15) is 9.59 Å². The highest BCUT2D eigenvalue weighted by Gasteiger charge is 2.26. The second-order valence-corrected chi connectivity index (χ2v) is 17.7. The van der Waals surface area contributed by atoms with Crippen molar-refractivity contribution in [3.63, 3.8) is 0 Å². The highest BCUT2D eigenvalue weighted by atomic mass is 35.5. The van der Waals surface area contributed by atoms with E-state index in [4.69, 9.17) is 49.4 Å². The molecule has 0 spiro atoms. The van der Waals surface area contributed by atoms with Crippen LogP contribution in [-0.4, -0.2) is 94.9 Å². The largest absolute Gasteiger partial charge is 0.455 e. The van der Waals surface area contributed by atoms with E-state index in [-0.39, 0.29) is 17.0 Å². The molecule has 2 fully saturated rings. The Kier molecular flexibility index (Phi) is 14.7. The number of furan rings is 2. The summed E-state index contributed by atoms with van der Waals surface area (Å²) in [7, 11) is 4.34. The zero-order valence-corrected chi connectivity index (χ0v) is 38.3. The molecule has 17 heteroatoms. The predicted octanol–water partition coefficient (Wildman–Crippen LogP) is 9.46. The molecule has 0 atom stereocenters. The molecule has 0 aliphatic carbocycles. The Morgan fingerprint density at radius 3 is 1.68 bits per heavy atom. The predicted molar refractivity (Wildman–Crippen MR) is 258 cm³/mol. The number of anilines is 3. The number of likely N-dealkylation sites (tertiary alicyclic amines) is 2. The van der Waals surface area contributed by atoms with Crippen molar-refractivity contribution in [3.8, 4) is 22.9 Å². The molecule has 0 saturated carbocycles. The lowest BCUT2D eigenvalue weighted by Crippen LogP contribution is -2.33. The minimum Gasteiger partial charge on any atom is -0.455 e. The standard InChI is InChI=1S/C24H24ClN5O2.C17H9Cl2N3O2.C7H16N2/c1-30-8-6-15(7-9-30)12-27-23-14-26-13-21(28-23)22-5-3-17(32-22)11-19-18-10-16(25)2-4-20(18)29-24(19)31;18-9-1-3-13-11(5-9)12(17(23)22-13)6-10-2-4-15(24-10)14-7-20-8-16(19)21-14;1-9-4-2-7(6-8)3-5-9/h2-5,10-11,13-15H,6-9,12H2,1H3,(H,27,28)(H,29,31);1-8H,(H,22,23);7H,2-6,8H2,1H3/b19-11+;12-6+;. The maximum absolute atomic E-state index is 12.4. The van der Waals surface area contributed by atoms with Crippen LogP contribution in [0.4, 0.5) is 17.2 Å².